The maximum atomic E-state index is 11.8. The molecule has 3 rings (SSSR count). The lowest BCUT2D eigenvalue weighted by atomic mass is 10.0. The van der Waals surface area contributed by atoms with E-state index >= 15 is 0 Å². The van der Waals surface area contributed by atoms with Crippen molar-refractivity contribution in [3.8, 4) is 0 Å². The third-order valence-corrected chi connectivity index (χ3v) is 4.61. The van der Waals surface area contributed by atoms with Gasteiger partial charge in [-0.3, -0.25) is 9.69 Å². The Balaban J connectivity index is 1.59. The van der Waals surface area contributed by atoms with Crippen LogP contribution in [0.4, 0.5) is 5.95 Å². The molecule has 3 heterocycles. The molecule has 0 saturated carbocycles. The maximum Gasteiger partial charge on any atom is 0.266 e. The molecule has 0 amide bonds. The van der Waals surface area contributed by atoms with Gasteiger partial charge in [0.15, 0.2) is 0 Å². The molecule has 1 fully saturated rings. The van der Waals surface area contributed by atoms with E-state index in [9.17, 15) is 4.79 Å². The van der Waals surface area contributed by atoms with Crippen molar-refractivity contribution >= 4 is 5.95 Å². The van der Waals surface area contributed by atoms with Crippen LogP contribution < -0.4 is 10.9 Å². The summed E-state index contributed by atoms with van der Waals surface area (Å²) in [6, 6.07) is 5.64. The molecular formula is C18H26N6O. The number of likely N-dealkylation sites (tertiary alicyclic amines) is 1. The summed E-state index contributed by atoms with van der Waals surface area (Å²) in [5, 5.41) is 7.53. The van der Waals surface area contributed by atoms with Gasteiger partial charge in [-0.05, 0) is 45.4 Å². The van der Waals surface area contributed by atoms with Gasteiger partial charge in [-0.1, -0.05) is 6.42 Å². The topological polar surface area (TPSA) is 75.9 Å². The lowest BCUT2D eigenvalue weighted by Gasteiger charge is -2.35. The summed E-state index contributed by atoms with van der Waals surface area (Å²) < 4.78 is 1.53. The first-order valence-electron chi connectivity index (χ1n) is 8.94. The number of anilines is 1. The van der Waals surface area contributed by atoms with E-state index in [-0.39, 0.29) is 5.56 Å². The van der Waals surface area contributed by atoms with Gasteiger partial charge in [0.05, 0.1) is 6.54 Å². The first kappa shape index (κ1) is 17.5. The van der Waals surface area contributed by atoms with Crippen LogP contribution in [0.25, 0.3) is 0 Å². The van der Waals surface area contributed by atoms with E-state index in [0.29, 0.717) is 18.5 Å². The smallest absolute Gasteiger partial charge is 0.266 e. The van der Waals surface area contributed by atoms with Crippen molar-refractivity contribution in [3.05, 3.63) is 46.1 Å². The fourth-order valence-electron chi connectivity index (χ4n) is 3.38. The van der Waals surface area contributed by atoms with Crippen molar-refractivity contribution in [3.63, 3.8) is 0 Å². The molecule has 0 radical (unpaired) electrons. The third kappa shape index (κ3) is 4.85. The second kappa shape index (κ2) is 8.20. The molecule has 0 spiro atoms. The van der Waals surface area contributed by atoms with Crippen LogP contribution in [0.5, 0.6) is 0 Å². The number of hydrogen-bond donors (Lipinski definition) is 1. The summed E-state index contributed by atoms with van der Waals surface area (Å²) in [7, 11) is 0. The summed E-state index contributed by atoms with van der Waals surface area (Å²) in [5.74, 6) is 0.698. The number of rotatable bonds is 6. The quantitative estimate of drug-likeness (QED) is 0.860. The molecule has 0 aromatic carbocycles. The Morgan fingerprint density at radius 2 is 2.00 bits per heavy atom. The highest BCUT2D eigenvalue weighted by Crippen LogP contribution is 2.17. The van der Waals surface area contributed by atoms with Gasteiger partial charge in [-0.2, -0.15) is 5.10 Å². The van der Waals surface area contributed by atoms with E-state index in [0.717, 1.165) is 37.4 Å². The first-order chi connectivity index (χ1) is 12.1. The summed E-state index contributed by atoms with van der Waals surface area (Å²) in [5.41, 5.74) is 1.91. The normalized spacial score (nSPS) is 18.2. The van der Waals surface area contributed by atoms with Gasteiger partial charge in [0.2, 0.25) is 5.95 Å². The predicted octanol–water partition coefficient (Wildman–Crippen LogP) is 1.62. The second-order valence-corrected chi connectivity index (χ2v) is 6.63. The van der Waals surface area contributed by atoms with E-state index in [1.807, 2.05) is 19.9 Å². The summed E-state index contributed by atoms with van der Waals surface area (Å²) in [4.78, 5) is 23.2. The monoisotopic (exact) mass is 342 g/mol. The maximum absolute atomic E-state index is 11.8. The van der Waals surface area contributed by atoms with Gasteiger partial charge in [-0.15, -0.1) is 0 Å². The molecule has 134 valence electrons. The average molecular weight is 342 g/mol. The van der Waals surface area contributed by atoms with Gasteiger partial charge in [-0.25, -0.2) is 14.6 Å². The minimum absolute atomic E-state index is 0.0437. The van der Waals surface area contributed by atoms with Crippen LogP contribution >= 0.6 is 0 Å². The van der Waals surface area contributed by atoms with Crippen LogP contribution in [-0.4, -0.2) is 50.3 Å². The van der Waals surface area contributed by atoms with Gasteiger partial charge in [0.1, 0.15) is 0 Å². The predicted molar refractivity (Wildman–Crippen MR) is 97.7 cm³/mol. The number of piperidine rings is 1. The highest BCUT2D eigenvalue weighted by atomic mass is 16.1. The fraction of sp³-hybridized carbons (Fsp3) is 0.556. The molecule has 1 aliphatic heterocycles. The Bertz CT molecular complexity index is 739. The SMILES string of the molecule is Cc1cc(C)nc(NCC2CCCCN2CCn2ncccc2=O)n1. The van der Waals surface area contributed by atoms with Crippen molar-refractivity contribution in [2.24, 2.45) is 0 Å². The van der Waals surface area contributed by atoms with Gasteiger partial charge < -0.3 is 5.32 Å². The number of nitrogens with one attached hydrogen (secondary N) is 1. The largest absolute Gasteiger partial charge is 0.353 e. The minimum Gasteiger partial charge on any atom is -0.353 e. The molecule has 1 atom stereocenters. The number of aryl methyl sites for hydroxylation is 2. The molecule has 0 aliphatic carbocycles. The molecule has 1 saturated heterocycles. The fourth-order valence-corrected chi connectivity index (χ4v) is 3.38. The Morgan fingerprint density at radius 3 is 2.76 bits per heavy atom. The molecule has 7 heteroatoms. The summed E-state index contributed by atoms with van der Waals surface area (Å²) in [6.45, 7) is 7.30. The van der Waals surface area contributed by atoms with Crippen LogP contribution in [0.1, 0.15) is 30.7 Å². The average Bonchev–Trinajstić information content (AvgIpc) is 2.59. The highest BCUT2D eigenvalue weighted by molar-refractivity contribution is 5.27. The zero-order valence-corrected chi connectivity index (χ0v) is 15.0. The second-order valence-electron chi connectivity index (χ2n) is 6.63. The van der Waals surface area contributed by atoms with Crippen molar-refractivity contribution in [1.82, 2.24) is 24.6 Å². The molecular weight excluding hydrogens is 316 g/mol. The van der Waals surface area contributed by atoms with Crippen LogP contribution in [0.2, 0.25) is 0 Å². The molecule has 2 aromatic heterocycles. The zero-order chi connectivity index (χ0) is 17.6. The lowest BCUT2D eigenvalue weighted by molar-refractivity contribution is 0.148. The molecule has 1 aliphatic rings. The van der Waals surface area contributed by atoms with Crippen molar-refractivity contribution in [1.29, 1.82) is 0 Å². The van der Waals surface area contributed by atoms with Crippen molar-refractivity contribution < 1.29 is 0 Å². The molecule has 7 nitrogen and oxygen atoms in total. The zero-order valence-electron chi connectivity index (χ0n) is 15.0. The number of nitrogens with zero attached hydrogens (tertiary/aromatic N) is 5. The van der Waals surface area contributed by atoms with Gasteiger partial charge in [0, 0.05) is 42.8 Å². The van der Waals surface area contributed by atoms with Gasteiger partial charge in [0.25, 0.3) is 5.56 Å². The van der Waals surface area contributed by atoms with E-state index in [1.165, 1.54) is 17.5 Å². The Hall–Kier alpha value is -2.28. The van der Waals surface area contributed by atoms with E-state index in [4.69, 9.17) is 0 Å². The Morgan fingerprint density at radius 1 is 1.20 bits per heavy atom. The third-order valence-electron chi connectivity index (χ3n) is 4.61. The number of aromatic nitrogens is 4. The van der Waals surface area contributed by atoms with Crippen molar-refractivity contribution in [2.45, 2.75) is 45.7 Å². The highest BCUT2D eigenvalue weighted by Gasteiger charge is 2.22. The molecule has 1 unspecified atom stereocenters. The van der Waals surface area contributed by atoms with Crippen LogP contribution in [0, 0.1) is 13.8 Å². The van der Waals surface area contributed by atoms with Crippen molar-refractivity contribution in [2.75, 3.05) is 25.0 Å². The molecule has 2 aromatic rings. The van der Waals surface area contributed by atoms with E-state index in [2.05, 4.69) is 25.3 Å². The molecule has 0 bridgehead atoms. The molecule has 1 N–H and O–H groups in total. The lowest BCUT2D eigenvalue weighted by Crippen LogP contribution is -2.45. The van der Waals surface area contributed by atoms with E-state index in [1.54, 1.807) is 18.3 Å². The first-order valence-corrected chi connectivity index (χ1v) is 8.94. The van der Waals surface area contributed by atoms with Gasteiger partial charge >= 0.3 is 0 Å². The number of hydrogen-bond acceptors (Lipinski definition) is 6. The standard InChI is InChI=1S/C18H26N6O/c1-14-12-15(2)22-18(21-14)19-13-16-6-3-4-9-23(16)10-11-24-17(25)7-5-8-20-24/h5,7-8,12,16H,3-4,6,9-11,13H2,1-2H3,(H,19,21,22). The van der Waals surface area contributed by atoms with E-state index < -0.39 is 0 Å². The van der Waals surface area contributed by atoms with Crippen LogP contribution in [0.15, 0.2) is 29.2 Å². The Kier molecular flexibility index (Phi) is 5.75. The summed E-state index contributed by atoms with van der Waals surface area (Å²) in [6.07, 6.45) is 5.25. The molecule has 25 heavy (non-hydrogen) atoms. The minimum atomic E-state index is -0.0437. The van der Waals surface area contributed by atoms with Crippen LogP contribution in [-0.2, 0) is 6.54 Å². The Labute approximate surface area is 148 Å². The summed E-state index contributed by atoms with van der Waals surface area (Å²) >= 11 is 0. The van der Waals surface area contributed by atoms with Crippen LogP contribution in [0.3, 0.4) is 0 Å².